The van der Waals surface area contributed by atoms with Crippen LogP contribution in [0.4, 0.5) is 16.3 Å². The van der Waals surface area contributed by atoms with Crippen LogP contribution in [0.1, 0.15) is 45.9 Å². The number of hydrogen-bond donors (Lipinski definition) is 2. The molecule has 0 radical (unpaired) electrons. The fourth-order valence-corrected chi connectivity index (χ4v) is 5.32. The van der Waals surface area contributed by atoms with Crippen LogP contribution in [0.15, 0.2) is 60.9 Å². The molecule has 1 saturated heterocycles. The van der Waals surface area contributed by atoms with Gasteiger partial charge in [-0.2, -0.15) is 5.10 Å². The van der Waals surface area contributed by atoms with Crippen LogP contribution < -0.4 is 15.4 Å². The molecule has 1 aliphatic rings. The van der Waals surface area contributed by atoms with Gasteiger partial charge in [-0.05, 0) is 50.5 Å². The molecule has 0 aliphatic carbocycles. The van der Waals surface area contributed by atoms with Gasteiger partial charge in [0.05, 0.1) is 36.0 Å². The van der Waals surface area contributed by atoms with Gasteiger partial charge in [-0.3, -0.25) is 15.2 Å². The predicted molar refractivity (Wildman–Crippen MR) is 163 cm³/mol. The largest absolute Gasteiger partial charge is 0.492 e. The fourth-order valence-electron chi connectivity index (χ4n) is 5.32. The van der Waals surface area contributed by atoms with E-state index in [1.54, 1.807) is 17.1 Å². The Kier molecular flexibility index (Phi) is 8.28. The van der Waals surface area contributed by atoms with E-state index in [0.717, 1.165) is 53.1 Å². The normalized spacial score (nSPS) is 17.9. The van der Waals surface area contributed by atoms with Gasteiger partial charge in [-0.25, -0.2) is 9.48 Å². The summed E-state index contributed by atoms with van der Waals surface area (Å²) in [6, 6.07) is 15.3. The van der Waals surface area contributed by atoms with Gasteiger partial charge in [0.15, 0.2) is 0 Å². The molecule has 2 N–H and O–H groups in total. The topological polar surface area (TPSA) is 93.5 Å². The van der Waals surface area contributed by atoms with Gasteiger partial charge < -0.3 is 14.8 Å². The van der Waals surface area contributed by atoms with Gasteiger partial charge in [-0.15, -0.1) is 0 Å². The van der Waals surface area contributed by atoms with E-state index in [9.17, 15) is 4.79 Å². The number of anilines is 2. The van der Waals surface area contributed by atoms with Crippen LogP contribution in [-0.4, -0.2) is 64.1 Å². The lowest BCUT2D eigenvalue weighted by Gasteiger charge is -2.35. The van der Waals surface area contributed by atoms with Crippen LogP contribution >= 0.6 is 0 Å². The number of carbonyl (C=O) groups excluding carboxylic acids is 1. The SMILES string of the molecule is Cc1ccc(-n2ncc(C(C)(C)C)c2NC(=O)Nc2ccc(OCCN3CC(C)OC(C)C3)c3ccccc23)cn1. The summed E-state index contributed by atoms with van der Waals surface area (Å²) in [6.07, 6.45) is 4.00. The number of amides is 2. The van der Waals surface area contributed by atoms with Crippen LogP contribution in [0.3, 0.4) is 0 Å². The molecule has 41 heavy (non-hydrogen) atoms. The van der Waals surface area contributed by atoms with Crippen LogP contribution in [0, 0.1) is 6.92 Å². The van der Waals surface area contributed by atoms with Crippen molar-refractivity contribution in [1.29, 1.82) is 0 Å². The molecule has 1 aliphatic heterocycles. The number of urea groups is 1. The maximum absolute atomic E-state index is 13.4. The van der Waals surface area contributed by atoms with Crippen molar-refractivity contribution in [2.24, 2.45) is 0 Å². The summed E-state index contributed by atoms with van der Waals surface area (Å²) in [5.74, 6) is 1.40. The van der Waals surface area contributed by atoms with E-state index >= 15 is 0 Å². The first-order chi connectivity index (χ1) is 19.6. The van der Waals surface area contributed by atoms with E-state index in [2.05, 4.69) is 60.2 Å². The molecule has 4 aromatic rings. The van der Waals surface area contributed by atoms with Gasteiger partial charge in [-0.1, -0.05) is 45.0 Å². The Morgan fingerprint density at radius 3 is 2.41 bits per heavy atom. The minimum atomic E-state index is -0.355. The van der Waals surface area contributed by atoms with Gasteiger partial charge in [0.25, 0.3) is 0 Å². The lowest BCUT2D eigenvalue weighted by Crippen LogP contribution is -2.46. The number of fused-ring (bicyclic) bond motifs is 1. The quantitative estimate of drug-likeness (QED) is 0.283. The van der Waals surface area contributed by atoms with E-state index in [4.69, 9.17) is 9.47 Å². The minimum Gasteiger partial charge on any atom is -0.492 e. The molecule has 216 valence electrons. The number of pyridine rings is 1. The number of nitrogens with one attached hydrogen (secondary N) is 2. The van der Waals surface area contributed by atoms with Crippen molar-refractivity contribution in [3.63, 3.8) is 0 Å². The molecule has 0 saturated carbocycles. The average Bonchev–Trinajstić information content (AvgIpc) is 3.33. The lowest BCUT2D eigenvalue weighted by atomic mass is 9.89. The molecule has 5 rings (SSSR count). The van der Waals surface area contributed by atoms with Crippen molar-refractivity contribution in [3.05, 3.63) is 72.2 Å². The van der Waals surface area contributed by atoms with E-state index < -0.39 is 0 Å². The Balaban J connectivity index is 1.33. The van der Waals surface area contributed by atoms with Crippen LogP contribution in [0.2, 0.25) is 0 Å². The highest BCUT2D eigenvalue weighted by Crippen LogP contribution is 2.33. The number of carbonyl (C=O) groups is 1. The van der Waals surface area contributed by atoms with E-state index in [1.165, 1.54) is 0 Å². The van der Waals surface area contributed by atoms with Crippen molar-refractivity contribution >= 4 is 28.3 Å². The first-order valence-corrected chi connectivity index (χ1v) is 14.2. The number of hydrogen-bond acceptors (Lipinski definition) is 6. The fraction of sp³-hybridized carbons (Fsp3) is 0.406. The highest BCUT2D eigenvalue weighted by molar-refractivity contribution is 6.07. The molecule has 9 heteroatoms. The number of nitrogens with zero attached hydrogens (tertiary/aromatic N) is 4. The van der Waals surface area contributed by atoms with Crippen LogP contribution in [0.5, 0.6) is 5.75 Å². The van der Waals surface area contributed by atoms with Crippen molar-refractivity contribution in [1.82, 2.24) is 19.7 Å². The third kappa shape index (κ3) is 6.69. The second-order valence-corrected chi connectivity index (χ2v) is 11.8. The van der Waals surface area contributed by atoms with Gasteiger partial charge in [0.2, 0.25) is 0 Å². The monoisotopic (exact) mass is 556 g/mol. The smallest absolute Gasteiger partial charge is 0.324 e. The summed E-state index contributed by atoms with van der Waals surface area (Å²) >= 11 is 0. The third-order valence-corrected chi connectivity index (χ3v) is 7.24. The highest BCUT2D eigenvalue weighted by Gasteiger charge is 2.25. The van der Waals surface area contributed by atoms with Crippen LogP contribution in [0.25, 0.3) is 16.5 Å². The third-order valence-electron chi connectivity index (χ3n) is 7.24. The molecule has 1 fully saturated rings. The Bertz CT molecular complexity index is 1500. The van der Waals surface area contributed by atoms with E-state index in [-0.39, 0.29) is 23.7 Å². The maximum atomic E-state index is 13.4. The minimum absolute atomic E-state index is 0.225. The van der Waals surface area contributed by atoms with Gasteiger partial charge >= 0.3 is 6.03 Å². The molecule has 0 spiro atoms. The average molecular weight is 557 g/mol. The number of aryl methyl sites for hydroxylation is 1. The predicted octanol–water partition coefficient (Wildman–Crippen LogP) is 6.16. The van der Waals surface area contributed by atoms with E-state index in [1.807, 2.05) is 55.5 Å². The first kappa shape index (κ1) is 28.6. The van der Waals surface area contributed by atoms with E-state index in [0.29, 0.717) is 18.1 Å². The molecule has 2 aromatic heterocycles. The molecule has 2 unspecified atom stereocenters. The molecule has 0 bridgehead atoms. The summed E-state index contributed by atoms with van der Waals surface area (Å²) in [7, 11) is 0. The zero-order valence-electron chi connectivity index (χ0n) is 24.8. The molecule has 3 heterocycles. The summed E-state index contributed by atoms with van der Waals surface area (Å²) < 4.78 is 13.8. The van der Waals surface area contributed by atoms with Crippen molar-refractivity contribution < 1.29 is 14.3 Å². The lowest BCUT2D eigenvalue weighted by molar-refractivity contribution is -0.0699. The van der Waals surface area contributed by atoms with Crippen molar-refractivity contribution in [2.75, 3.05) is 36.9 Å². The number of benzene rings is 2. The Hall–Kier alpha value is -3.95. The number of aromatic nitrogens is 3. The molecule has 2 amide bonds. The molecule has 9 nitrogen and oxygen atoms in total. The van der Waals surface area contributed by atoms with Gasteiger partial charge in [0, 0.05) is 41.7 Å². The molecular formula is C32H40N6O3. The summed E-state index contributed by atoms with van der Waals surface area (Å²) in [6.45, 7) is 15.6. The molecule has 2 atom stereocenters. The molecule has 2 aromatic carbocycles. The Morgan fingerprint density at radius 2 is 1.73 bits per heavy atom. The van der Waals surface area contributed by atoms with Gasteiger partial charge in [0.1, 0.15) is 18.2 Å². The summed E-state index contributed by atoms with van der Waals surface area (Å²) in [5, 5.41) is 12.5. The number of rotatable bonds is 7. The zero-order chi connectivity index (χ0) is 29.1. The second-order valence-electron chi connectivity index (χ2n) is 11.8. The maximum Gasteiger partial charge on any atom is 0.324 e. The highest BCUT2D eigenvalue weighted by atomic mass is 16.5. The zero-order valence-corrected chi connectivity index (χ0v) is 24.8. The number of ether oxygens (including phenoxy) is 2. The molecular weight excluding hydrogens is 516 g/mol. The van der Waals surface area contributed by atoms with Crippen LogP contribution in [-0.2, 0) is 10.2 Å². The second kappa shape index (κ2) is 11.9. The Morgan fingerprint density at radius 1 is 1.00 bits per heavy atom. The Labute approximate surface area is 241 Å². The standard InChI is InChI=1S/C32H40N6O3/c1-21-11-12-24(17-33-21)38-30(27(18-34-38)32(4,5)6)36-31(39)35-28-13-14-29(26-10-8-7-9-25(26)28)40-16-15-37-19-22(2)41-23(3)20-37/h7-14,17-18,22-23H,15-16,19-20H2,1-6H3,(H2,35,36,39). The summed E-state index contributed by atoms with van der Waals surface area (Å²) in [4.78, 5) is 20.2. The van der Waals surface area contributed by atoms with Crippen molar-refractivity contribution in [2.45, 2.75) is 59.2 Å². The van der Waals surface area contributed by atoms with Crippen molar-refractivity contribution in [3.8, 4) is 11.4 Å². The number of morpholine rings is 1. The summed E-state index contributed by atoms with van der Waals surface area (Å²) in [5.41, 5.74) is 3.07. The first-order valence-electron chi connectivity index (χ1n) is 14.2.